The van der Waals surface area contributed by atoms with E-state index in [4.69, 9.17) is 0 Å². The first-order chi connectivity index (χ1) is 9.83. The number of hydrogen-bond donors (Lipinski definition) is 1. The van der Waals surface area contributed by atoms with Gasteiger partial charge in [0.2, 0.25) is 0 Å². The van der Waals surface area contributed by atoms with Crippen molar-refractivity contribution in [3.63, 3.8) is 0 Å². The summed E-state index contributed by atoms with van der Waals surface area (Å²) in [5, 5.41) is 10.3. The largest absolute Gasteiger partial charge is 0.321 e. The van der Waals surface area contributed by atoms with Crippen molar-refractivity contribution in [1.29, 1.82) is 0 Å². The van der Waals surface area contributed by atoms with Gasteiger partial charge in [0.25, 0.3) is 5.91 Å². The Morgan fingerprint density at radius 2 is 2.00 bits per heavy atom. The lowest BCUT2D eigenvalue weighted by Gasteiger charge is -2.07. The van der Waals surface area contributed by atoms with Gasteiger partial charge in [-0.25, -0.2) is 4.98 Å². The summed E-state index contributed by atoms with van der Waals surface area (Å²) < 4.78 is 1.75. The lowest BCUT2D eigenvalue weighted by molar-refractivity contribution is 0.102. The first kappa shape index (κ1) is 12.0. The molecule has 3 rings (SSSR count). The van der Waals surface area contributed by atoms with Crippen LogP contribution in [0.1, 0.15) is 10.5 Å². The summed E-state index contributed by atoms with van der Waals surface area (Å²) in [5.41, 5.74) is 1.78. The number of hydrogen-bond acceptors (Lipinski definition) is 5. The summed E-state index contributed by atoms with van der Waals surface area (Å²) in [4.78, 5) is 19.8. The van der Waals surface area contributed by atoms with Gasteiger partial charge in [-0.1, -0.05) is 6.07 Å². The van der Waals surface area contributed by atoms with Gasteiger partial charge >= 0.3 is 0 Å². The Bertz CT molecular complexity index is 711. The monoisotopic (exact) mass is 266 g/mol. The second kappa shape index (κ2) is 5.27. The van der Waals surface area contributed by atoms with E-state index in [2.05, 4.69) is 25.5 Å². The van der Waals surface area contributed by atoms with Crippen LogP contribution in [0, 0.1) is 0 Å². The fourth-order valence-electron chi connectivity index (χ4n) is 1.69. The first-order valence-corrected chi connectivity index (χ1v) is 5.85. The van der Waals surface area contributed by atoms with Crippen molar-refractivity contribution in [2.45, 2.75) is 0 Å². The van der Waals surface area contributed by atoms with Crippen LogP contribution in [0.2, 0.25) is 0 Å². The third-order valence-electron chi connectivity index (χ3n) is 2.62. The Morgan fingerprint density at radius 3 is 2.75 bits per heavy atom. The molecular weight excluding hydrogens is 256 g/mol. The third-order valence-corrected chi connectivity index (χ3v) is 2.62. The smallest absolute Gasteiger partial charge is 0.275 e. The molecule has 1 aromatic carbocycles. The van der Waals surface area contributed by atoms with Gasteiger partial charge < -0.3 is 5.32 Å². The lowest BCUT2D eigenvalue weighted by Crippen LogP contribution is -2.13. The van der Waals surface area contributed by atoms with E-state index in [1.807, 2.05) is 18.2 Å². The summed E-state index contributed by atoms with van der Waals surface area (Å²) in [7, 11) is 0. The fourth-order valence-corrected chi connectivity index (χ4v) is 1.69. The molecule has 20 heavy (non-hydrogen) atoms. The average Bonchev–Trinajstić information content (AvgIpc) is 3.03. The van der Waals surface area contributed by atoms with Crippen molar-refractivity contribution in [1.82, 2.24) is 24.7 Å². The molecule has 0 aliphatic rings. The summed E-state index contributed by atoms with van der Waals surface area (Å²) in [6, 6.07) is 7.34. The van der Waals surface area contributed by atoms with E-state index in [1.165, 1.54) is 18.6 Å². The molecule has 7 heteroatoms. The minimum Gasteiger partial charge on any atom is -0.321 e. The van der Waals surface area contributed by atoms with Crippen LogP contribution in [0.25, 0.3) is 5.69 Å². The van der Waals surface area contributed by atoms with E-state index in [-0.39, 0.29) is 11.6 Å². The second-order valence-corrected chi connectivity index (χ2v) is 3.96. The highest BCUT2D eigenvalue weighted by Gasteiger charge is 2.07. The number of benzene rings is 1. The van der Waals surface area contributed by atoms with Crippen LogP contribution in [0.15, 0.2) is 55.5 Å². The van der Waals surface area contributed by atoms with Crippen LogP contribution in [-0.4, -0.2) is 30.6 Å². The quantitative estimate of drug-likeness (QED) is 0.772. The van der Waals surface area contributed by atoms with Crippen molar-refractivity contribution < 1.29 is 4.79 Å². The Balaban J connectivity index is 1.82. The van der Waals surface area contributed by atoms with Gasteiger partial charge in [0.1, 0.15) is 18.3 Å². The van der Waals surface area contributed by atoms with E-state index in [0.29, 0.717) is 5.69 Å². The molecule has 0 spiro atoms. The summed E-state index contributed by atoms with van der Waals surface area (Å²) in [5.74, 6) is -0.306. The summed E-state index contributed by atoms with van der Waals surface area (Å²) in [6.45, 7) is 0. The minimum absolute atomic E-state index is 0.266. The highest BCUT2D eigenvalue weighted by Crippen LogP contribution is 2.14. The SMILES string of the molecule is O=C(Nc1cccc(-n2cnnc2)c1)c1cnccn1. The highest BCUT2D eigenvalue weighted by molar-refractivity contribution is 6.02. The standard InChI is InChI=1S/C13H10N6O/c20-13(12-7-14-4-5-15-12)18-10-2-1-3-11(6-10)19-8-16-17-9-19/h1-9H,(H,18,20). The zero-order valence-electron chi connectivity index (χ0n) is 10.3. The maximum absolute atomic E-state index is 12.0. The molecular formula is C13H10N6O. The first-order valence-electron chi connectivity index (χ1n) is 5.85. The summed E-state index contributed by atoms with van der Waals surface area (Å²) in [6.07, 6.45) is 7.58. The van der Waals surface area contributed by atoms with Crippen LogP contribution < -0.4 is 5.32 Å². The van der Waals surface area contributed by atoms with Gasteiger partial charge in [0.05, 0.1) is 11.9 Å². The topological polar surface area (TPSA) is 85.6 Å². The van der Waals surface area contributed by atoms with Gasteiger partial charge in [-0.3, -0.25) is 14.3 Å². The molecule has 0 aliphatic heterocycles. The molecule has 0 fully saturated rings. The highest BCUT2D eigenvalue weighted by atomic mass is 16.1. The number of amides is 1. The van der Waals surface area contributed by atoms with Crippen molar-refractivity contribution in [2.75, 3.05) is 5.32 Å². The molecule has 98 valence electrons. The van der Waals surface area contributed by atoms with E-state index < -0.39 is 0 Å². The van der Waals surface area contributed by atoms with E-state index in [9.17, 15) is 4.79 Å². The molecule has 1 N–H and O–H groups in total. The number of nitrogens with one attached hydrogen (secondary N) is 1. The van der Waals surface area contributed by atoms with Crippen LogP contribution in [0.4, 0.5) is 5.69 Å². The Morgan fingerprint density at radius 1 is 1.15 bits per heavy atom. The molecule has 2 heterocycles. The number of carbonyl (C=O) groups excluding carboxylic acids is 1. The van der Waals surface area contributed by atoms with Gasteiger partial charge in [-0.15, -0.1) is 10.2 Å². The van der Waals surface area contributed by atoms with Crippen LogP contribution in [-0.2, 0) is 0 Å². The fraction of sp³-hybridized carbons (Fsp3) is 0. The molecule has 0 aliphatic carbocycles. The van der Waals surface area contributed by atoms with Crippen molar-refractivity contribution >= 4 is 11.6 Å². The molecule has 2 aromatic heterocycles. The number of aromatic nitrogens is 5. The predicted molar refractivity (Wildman–Crippen MR) is 71.3 cm³/mol. The van der Waals surface area contributed by atoms with Crippen molar-refractivity contribution in [3.05, 3.63) is 61.2 Å². The Kier molecular flexibility index (Phi) is 3.15. The zero-order valence-corrected chi connectivity index (χ0v) is 10.3. The van der Waals surface area contributed by atoms with E-state index in [1.54, 1.807) is 23.3 Å². The average molecular weight is 266 g/mol. The second-order valence-electron chi connectivity index (χ2n) is 3.96. The molecule has 3 aromatic rings. The Labute approximate surface area is 114 Å². The Hall–Kier alpha value is -3.09. The van der Waals surface area contributed by atoms with E-state index >= 15 is 0 Å². The molecule has 7 nitrogen and oxygen atoms in total. The predicted octanol–water partition coefficient (Wildman–Crippen LogP) is 1.31. The van der Waals surface area contributed by atoms with Gasteiger partial charge in [0.15, 0.2) is 0 Å². The lowest BCUT2D eigenvalue weighted by atomic mass is 10.2. The minimum atomic E-state index is -0.306. The molecule has 0 saturated carbocycles. The molecule has 0 saturated heterocycles. The molecule has 1 amide bonds. The number of anilines is 1. The summed E-state index contributed by atoms with van der Waals surface area (Å²) >= 11 is 0. The molecule has 0 atom stereocenters. The van der Waals surface area contributed by atoms with Gasteiger partial charge in [-0.2, -0.15) is 0 Å². The van der Waals surface area contributed by atoms with Crippen LogP contribution in [0.5, 0.6) is 0 Å². The normalized spacial score (nSPS) is 10.2. The van der Waals surface area contributed by atoms with Crippen molar-refractivity contribution in [2.24, 2.45) is 0 Å². The number of carbonyl (C=O) groups is 1. The molecule has 0 radical (unpaired) electrons. The maximum Gasteiger partial charge on any atom is 0.275 e. The van der Waals surface area contributed by atoms with E-state index in [0.717, 1.165) is 5.69 Å². The molecule has 0 bridgehead atoms. The zero-order chi connectivity index (χ0) is 13.8. The third kappa shape index (κ3) is 2.51. The van der Waals surface area contributed by atoms with Crippen LogP contribution >= 0.6 is 0 Å². The number of rotatable bonds is 3. The van der Waals surface area contributed by atoms with Gasteiger partial charge in [-0.05, 0) is 18.2 Å². The maximum atomic E-state index is 12.0. The van der Waals surface area contributed by atoms with Gasteiger partial charge in [0, 0.05) is 18.1 Å². The van der Waals surface area contributed by atoms with Crippen molar-refractivity contribution in [3.8, 4) is 5.69 Å². The number of nitrogens with zero attached hydrogens (tertiary/aromatic N) is 5. The molecule has 0 unspecified atom stereocenters. The van der Waals surface area contributed by atoms with Crippen LogP contribution in [0.3, 0.4) is 0 Å².